The third-order valence-corrected chi connectivity index (χ3v) is 1.80. The second kappa shape index (κ2) is 1.41. The number of fused-ring (bicyclic) bond motifs is 1. The van der Waals surface area contributed by atoms with Gasteiger partial charge in [0.1, 0.15) is 0 Å². The van der Waals surface area contributed by atoms with E-state index in [1.165, 1.54) is 5.70 Å². The molecule has 0 unspecified atom stereocenters. The van der Waals surface area contributed by atoms with Gasteiger partial charge in [-0.15, -0.1) is 0 Å². The van der Waals surface area contributed by atoms with Crippen LogP contribution in [0.1, 0.15) is 6.42 Å². The molecule has 0 radical (unpaired) electrons. The van der Waals surface area contributed by atoms with E-state index in [4.69, 9.17) is 1.41 Å². The van der Waals surface area contributed by atoms with Gasteiger partial charge in [0.2, 0.25) is 0 Å². The minimum atomic E-state index is 0.641. The van der Waals surface area contributed by atoms with E-state index in [2.05, 4.69) is 5.32 Å². The van der Waals surface area contributed by atoms with Gasteiger partial charge in [-0.05, 0) is 6.42 Å². The van der Waals surface area contributed by atoms with E-state index in [9.17, 15) is 0 Å². The van der Waals surface area contributed by atoms with Crippen LogP contribution >= 0.6 is 0 Å². The lowest BCUT2D eigenvalue weighted by atomic mass is 10.1. The second-order valence-corrected chi connectivity index (χ2v) is 2.34. The van der Waals surface area contributed by atoms with Gasteiger partial charge in [-0.3, -0.25) is 0 Å². The average molecular weight is 111 g/mol. The van der Waals surface area contributed by atoms with E-state index in [0.717, 1.165) is 19.5 Å². The Hall–Kier alpha value is -0.660. The van der Waals surface area contributed by atoms with Crippen LogP contribution in [0.2, 0.25) is 1.41 Å². The maximum Gasteiger partial charge on any atom is 0.160 e. The van der Waals surface area contributed by atoms with Crippen molar-refractivity contribution in [1.29, 1.82) is 0 Å². The van der Waals surface area contributed by atoms with E-state index in [0.29, 0.717) is 5.92 Å². The minimum absolute atomic E-state index is 0.641. The van der Waals surface area contributed by atoms with Crippen LogP contribution in [0.4, 0.5) is 0 Å². The Morgan fingerprint density at radius 3 is 3.75 bits per heavy atom. The molecule has 0 aromatic carbocycles. The van der Waals surface area contributed by atoms with Crippen LogP contribution in [-0.2, 0) is 0 Å². The molecular weight excluding hydrogens is 100 g/mol. The first-order valence-electron chi connectivity index (χ1n) is 3.52. The van der Waals surface area contributed by atoms with Crippen molar-refractivity contribution in [3.63, 3.8) is 0 Å². The molecule has 8 heavy (non-hydrogen) atoms. The Kier molecular flexibility index (Phi) is 0.594. The summed E-state index contributed by atoms with van der Waals surface area (Å²) in [5, 5.41) is 4.72. The second-order valence-electron chi connectivity index (χ2n) is 2.34. The Morgan fingerprint density at radius 1 is 1.88 bits per heavy atom. The minimum Gasteiger partial charge on any atom is -0.389 e. The Bertz CT molecular complexity index is 155. The van der Waals surface area contributed by atoms with E-state index >= 15 is 0 Å². The molecule has 0 aromatic rings. The maximum absolute atomic E-state index is 7.38. The van der Waals surface area contributed by atoms with Crippen molar-refractivity contribution in [2.75, 3.05) is 13.1 Å². The normalized spacial score (nSPS) is 36.0. The molecule has 2 aliphatic heterocycles. The van der Waals surface area contributed by atoms with Crippen LogP contribution in [0.15, 0.2) is 11.9 Å². The van der Waals surface area contributed by atoms with Crippen molar-refractivity contribution in [1.82, 2.24) is 10.6 Å². The number of nitrogens with one attached hydrogen (secondary N) is 2. The summed E-state index contributed by atoms with van der Waals surface area (Å²) in [5.41, 5.74) is 1.18. The lowest BCUT2D eigenvalue weighted by molar-refractivity contribution is 0.647. The van der Waals surface area contributed by atoms with Crippen LogP contribution in [0.5, 0.6) is 0 Å². The first kappa shape index (κ1) is 3.38. The van der Waals surface area contributed by atoms with Crippen molar-refractivity contribution in [2.45, 2.75) is 6.42 Å². The highest BCUT2D eigenvalue weighted by atomic mass is 15.0. The number of rotatable bonds is 0. The summed E-state index contributed by atoms with van der Waals surface area (Å²) in [6, 6.07) is 0. The molecule has 2 heterocycles. The molecule has 2 heteroatoms. The molecule has 1 saturated heterocycles. The van der Waals surface area contributed by atoms with E-state index in [1.54, 1.807) is 5.31 Å². The molecule has 0 bridgehead atoms. The van der Waals surface area contributed by atoms with Crippen LogP contribution in [-0.4, -0.2) is 13.1 Å². The van der Waals surface area contributed by atoms with Crippen molar-refractivity contribution in [3.05, 3.63) is 11.9 Å². The molecule has 0 spiro atoms. The highest BCUT2D eigenvalue weighted by molar-refractivity contribution is 5.13. The third kappa shape index (κ3) is 0.427. The predicted molar refractivity (Wildman–Crippen MR) is 32.2 cm³/mol. The summed E-state index contributed by atoms with van der Waals surface area (Å²) in [6.07, 6.45) is 3.12. The largest absolute Gasteiger partial charge is 0.389 e. The van der Waals surface area contributed by atoms with E-state index in [1.807, 2.05) is 6.20 Å². The molecule has 0 saturated carbocycles. The van der Waals surface area contributed by atoms with Crippen molar-refractivity contribution < 1.29 is 1.41 Å². The summed E-state index contributed by atoms with van der Waals surface area (Å²) in [7, 11) is 0. The average Bonchev–Trinajstić information content (AvgIpc) is 2.35. The Labute approximate surface area is 50.4 Å². The van der Waals surface area contributed by atoms with Gasteiger partial charge in [0.25, 0.3) is 0 Å². The van der Waals surface area contributed by atoms with Gasteiger partial charge >= 0.3 is 0 Å². The van der Waals surface area contributed by atoms with Crippen LogP contribution in [0.3, 0.4) is 0 Å². The molecule has 2 nitrogen and oxygen atoms in total. The van der Waals surface area contributed by atoms with Crippen LogP contribution < -0.4 is 10.6 Å². The topological polar surface area (TPSA) is 24.1 Å². The molecule has 2 aliphatic rings. The van der Waals surface area contributed by atoms with Gasteiger partial charge in [-0.2, -0.15) is 0 Å². The zero-order valence-electron chi connectivity index (χ0n) is 5.72. The van der Waals surface area contributed by atoms with Crippen LogP contribution in [0, 0.1) is 5.92 Å². The Balaban J connectivity index is 2.22. The summed E-state index contributed by atoms with van der Waals surface area (Å²) in [4.78, 5) is 0. The molecule has 44 valence electrons. The maximum atomic E-state index is 7.38. The van der Waals surface area contributed by atoms with Gasteiger partial charge in [-0.25, -0.2) is 0 Å². The molecular formula is C6H10N2. The fourth-order valence-electron chi connectivity index (χ4n) is 1.30. The van der Waals surface area contributed by atoms with Gasteiger partial charge in [0.15, 0.2) is 1.41 Å². The van der Waals surface area contributed by atoms with Gasteiger partial charge in [0.05, 0.1) is 0 Å². The third-order valence-electron chi connectivity index (χ3n) is 1.80. The summed E-state index contributed by atoms with van der Waals surface area (Å²) in [6.45, 7) is 1.96. The van der Waals surface area contributed by atoms with E-state index < -0.39 is 0 Å². The van der Waals surface area contributed by atoms with E-state index in [-0.39, 0.29) is 0 Å². The quantitative estimate of drug-likeness (QED) is 0.461. The molecule has 2 N–H and O–H groups in total. The lowest BCUT2D eigenvalue weighted by Gasteiger charge is -1.97. The zero-order valence-corrected chi connectivity index (χ0v) is 4.72. The fourth-order valence-corrected chi connectivity index (χ4v) is 1.30. The summed E-state index contributed by atoms with van der Waals surface area (Å²) < 4.78 is 7.38. The molecule has 2 rings (SSSR count). The molecule has 0 amide bonds. The molecule has 0 aliphatic carbocycles. The highest BCUT2D eigenvalue weighted by Crippen LogP contribution is 2.20. The van der Waals surface area contributed by atoms with Crippen molar-refractivity contribution in [2.24, 2.45) is 5.92 Å². The molecule has 1 fully saturated rings. The number of hydrogen-bond acceptors (Lipinski definition) is 2. The standard InChI is InChI=1S/C6H10N2/c1-2-8-6-4-7-3-5(1)6/h4-5,7-8H,1-3H2/t5-/m1/s1/i/hD. The van der Waals surface area contributed by atoms with Crippen molar-refractivity contribution in [3.8, 4) is 0 Å². The van der Waals surface area contributed by atoms with Gasteiger partial charge < -0.3 is 10.6 Å². The molecule has 0 aromatic heterocycles. The smallest absolute Gasteiger partial charge is 0.160 e. The number of hydrogen-bond donors (Lipinski definition) is 2. The monoisotopic (exact) mass is 111 g/mol. The zero-order chi connectivity index (χ0) is 6.27. The predicted octanol–water partition coefficient (Wildman–Crippen LogP) is 0.0405. The molecule has 1 atom stereocenters. The summed E-state index contributed by atoms with van der Waals surface area (Å²) >= 11 is 0. The fraction of sp³-hybridized carbons (Fsp3) is 0.667. The first-order valence-corrected chi connectivity index (χ1v) is 3.08. The van der Waals surface area contributed by atoms with Crippen LogP contribution in [0.25, 0.3) is 0 Å². The summed E-state index contributed by atoms with van der Waals surface area (Å²) in [5.74, 6) is 0.641. The van der Waals surface area contributed by atoms with Crippen molar-refractivity contribution >= 4 is 0 Å². The highest BCUT2D eigenvalue weighted by Gasteiger charge is 2.23. The van der Waals surface area contributed by atoms with Gasteiger partial charge in [-0.1, -0.05) is 0 Å². The lowest BCUT2D eigenvalue weighted by Crippen LogP contribution is -2.07. The van der Waals surface area contributed by atoms with Gasteiger partial charge in [0, 0.05) is 30.9 Å². The first-order chi connectivity index (χ1) is 4.38. The SMILES string of the molecule is [2H]N1CC[C@@H]2CNC=C21. The Morgan fingerprint density at radius 2 is 2.88 bits per heavy atom.